The van der Waals surface area contributed by atoms with Crippen LogP contribution in [0.2, 0.25) is 0 Å². The van der Waals surface area contributed by atoms with Crippen LogP contribution in [0.25, 0.3) is 0 Å². The van der Waals surface area contributed by atoms with Crippen molar-refractivity contribution in [3.05, 3.63) is 30.3 Å². The quantitative estimate of drug-likeness (QED) is 0.408. The van der Waals surface area contributed by atoms with Crippen LogP contribution in [0.4, 0.5) is 0 Å². The fraction of sp³-hybridized carbons (Fsp3) is 0.529. The van der Waals surface area contributed by atoms with Gasteiger partial charge in [0.1, 0.15) is 0 Å². The molecule has 0 aliphatic carbocycles. The van der Waals surface area contributed by atoms with Crippen LogP contribution in [0.3, 0.4) is 0 Å². The van der Waals surface area contributed by atoms with Crippen molar-refractivity contribution < 1.29 is 18.0 Å². The van der Waals surface area contributed by atoms with Gasteiger partial charge in [-0.2, -0.15) is 0 Å². The van der Waals surface area contributed by atoms with E-state index in [4.69, 9.17) is 11.5 Å². The highest BCUT2D eigenvalue weighted by Gasteiger charge is 2.49. The van der Waals surface area contributed by atoms with Crippen molar-refractivity contribution in [3.63, 3.8) is 0 Å². The summed E-state index contributed by atoms with van der Waals surface area (Å²) in [6, 6.07) is 6.66. The Labute approximate surface area is 149 Å². The Balaban J connectivity index is 3.16. The summed E-state index contributed by atoms with van der Waals surface area (Å²) in [7, 11) is -4.14. The highest BCUT2D eigenvalue weighted by Crippen LogP contribution is 2.29. The maximum absolute atomic E-state index is 13.0. The number of aldehydes is 1. The lowest BCUT2D eigenvalue weighted by atomic mass is 10.0. The van der Waals surface area contributed by atoms with Crippen LogP contribution >= 0.6 is 0 Å². The van der Waals surface area contributed by atoms with Gasteiger partial charge in [0.15, 0.2) is 6.29 Å². The van der Waals surface area contributed by atoms with Gasteiger partial charge in [-0.05, 0) is 37.4 Å². The van der Waals surface area contributed by atoms with Crippen molar-refractivity contribution >= 4 is 22.0 Å². The number of unbranched alkanes of at least 4 members (excludes halogenated alkanes) is 1. The molecule has 0 aliphatic heterocycles. The van der Waals surface area contributed by atoms with Crippen LogP contribution in [0.15, 0.2) is 35.2 Å². The number of nitrogens with one attached hydrogen (secondary N) is 1. The molecule has 1 rings (SSSR count). The average Bonchev–Trinajstić information content (AvgIpc) is 2.59. The lowest BCUT2D eigenvalue weighted by Crippen LogP contribution is -2.62. The maximum Gasteiger partial charge on any atom is 0.238 e. The maximum atomic E-state index is 13.0. The van der Waals surface area contributed by atoms with Gasteiger partial charge in [-0.25, -0.2) is 8.42 Å². The second-order valence-corrected chi connectivity index (χ2v) is 8.42. The molecule has 0 radical (unpaired) electrons. The first-order chi connectivity index (χ1) is 11.7. The monoisotopic (exact) mass is 369 g/mol. The van der Waals surface area contributed by atoms with E-state index in [1.165, 1.54) is 12.1 Å². The van der Waals surface area contributed by atoms with Gasteiger partial charge in [-0.1, -0.05) is 38.5 Å². The average molecular weight is 369 g/mol. The molecule has 2 atom stereocenters. The van der Waals surface area contributed by atoms with Crippen molar-refractivity contribution in [1.29, 1.82) is 0 Å². The van der Waals surface area contributed by atoms with Gasteiger partial charge in [0.25, 0.3) is 0 Å². The second kappa shape index (κ2) is 9.07. The van der Waals surface area contributed by atoms with Crippen LogP contribution in [0.1, 0.15) is 33.1 Å². The first-order valence-corrected chi connectivity index (χ1v) is 9.75. The second-order valence-electron chi connectivity index (χ2n) is 6.26. The van der Waals surface area contributed by atoms with Gasteiger partial charge in [-0.3, -0.25) is 9.59 Å². The number of amides is 1. The molecule has 0 saturated heterocycles. The predicted octanol–water partition coefficient (Wildman–Crippen LogP) is 0.584. The highest BCUT2D eigenvalue weighted by atomic mass is 32.2. The predicted molar refractivity (Wildman–Crippen MR) is 96.3 cm³/mol. The molecule has 0 aliphatic rings. The number of rotatable bonds is 10. The minimum atomic E-state index is -4.14. The smallest absolute Gasteiger partial charge is 0.238 e. The van der Waals surface area contributed by atoms with Crippen LogP contribution in [-0.2, 0) is 19.4 Å². The summed E-state index contributed by atoms with van der Waals surface area (Å²) in [5.74, 6) is -1.35. The number of benzene rings is 1. The molecule has 0 heterocycles. The van der Waals surface area contributed by atoms with Crippen molar-refractivity contribution in [2.75, 3.05) is 6.54 Å². The zero-order valence-corrected chi connectivity index (χ0v) is 15.5. The van der Waals surface area contributed by atoms with Crippen molar-refractivity contribution in [3.8, 4) is 0 Å². The summed E-state index contributed by atoms with van der Waals surface area (Å²) in [4.78, 5) is 22.2. The zero-order valence-electron chi connectivity index (χ0n) is 14.6. The molecule has 25 heavy (non-hydrogen) atoms. The number of sulfone groups is 1. The summed E-state index contributed by atoms with van der Waals surface area (Å²) >= 11 is 0. The fourth-order valence-corrected chi connectivity index (χ4v) is 4.36. The fourth-order valence-electron chi connectivity index (χ4n) is 2.47. The molecule has 1 aromatic rings. The molecule has 0 unspecified atom stereocenters. The van der Waals surface area contributed by atoms with Crippen LogP contribution in [0, 0.1) is 5.92 Å². The molecular formula is C17H27N3O4S. The molecular weight excluding hydrogens is 342 g/mol. The molecule has 8 heteroatoms. The van der Waals surface area contributed by atoms with Gasteiger partial charge in [0, 0.05) is 0 Å². The minimum Gasteiger partial charge on any atom is -0.330 e. The molecule has 0 saturated carbocycles. The topological polar surface area (TPSA) is 132 Å². The number of carbonyl (C=O) groups is 2. The van der Waals surface area contributed by atoms with E-state index in [0.29, 0.717) is 25.8 Å². The molecule has 140 valence electrons. The number of carbonyl (C=O) groups excluding carboxylic acids is 2. The van der Waals surface area contributed by atoms with E-state index in [1.807, 2.05) is 0 Å². The Morgan fingerprint density at radius 3 is 2.32 bits per heavy atom. The molecule has 7 nitrogen and oxygen atoms in total. The highest BCUT2D eigenvalue weighted by molar-refractivity contribution is 7.93. The first kappa shape index (κ1) is 21.3. The van der Waals surface area contributed by atoms with Gasteiger partial charge in [0.05, 0.1) is 10.9 Å². The largest absolute Gasteiger partial charge is 0.330 e. The summed E-state index contributed by atoms with van der Waals surface area (Å²) in [5.41, 5.74) is 11.2. The van der Waals surface area contributed by atoms with E-state index in [9.17, 15) is 18.0 Å². The number of nitrogens with two attached hydrogens (primary N) is 2. The molecule has 5 N–H and O–H groups in total. The standard InChI is InChI=1S/C17H27N3O4S/c1-13(2)17(12-21,20-16(22)15(19)10-6-7-11-18)25(23,24)14-8-4-3-5-9-14/h3-5,8-9,12-13,15H,6-7,10-11,18-19H2,1-2H3,(H,20,22)/t15-,17-/m0/s1. The van der Waals surface area contributed by atoms with Gasteiger partial charge in [-0.15, -0.1) is 0 Å². The van der Waals surface area contributed by atoms with Crippen LogP contribution in [0.5, 0.6) is 0 Å². The Morgan fingerprint density at radius 2 is 1.84 bits per heavy atom. The molecule has 0 spiro atoms. The first-order valence-electron chi connectivity index (χ1n) is 8.26. The van der Waals surface area contributed by atoms with Gasteiger partial charge < -0.3 is 16.8 Å². The van der Waals surface area contributed by atoms with Crippen molar-refractivity contribution in [1.82, 2.24) is 5.32 Å². The summed E-state index contributed by atoms with van der Waals surface area (Å²) < 4.78 is 26.1. The third-order valence-electron chi connectivity index (χ3n) is 4.16. The Bertz CT molecular complexity index is 676. The Hall–Kier alpha value is -1.77. The lowest BCUT2D eigenvalue weighted by molar-refractivity contribution is -0.126. The third-order valence-corrected chi connectivity index (χ3v) is 6.61. The Morgan fingerprint density at radius 1 is 1.24 bits per heavy atom. The summed E-state index contributed by atoms with van der Waals surface area (Å²) in [6.07, 6.45) is 2.00. The van der Waals surface area contributed by atoms with E-state index in [2.05, 4.69) is 5.32 Å². The molecule has 0 bridgehead atoms. The summed E-state index contributed by atoms with van der Waals surface area (Å²) in [5, 5.41) is 2.39. The SMILES string of the molecule is CC(C)[C@@](C=O)(NC(=O)[C@@H](N)CCCCN)S(=O)(=O)c1ccccc1. The normalized spacial score (nSPS) is 15.4. The van der Waals surface area contributed by atoms with E-state index in [-0.39, 0.29) is 11.2 Å². The van der Waals surface area contributed by atoms with Crippen molar-refractivity contribution in [2.24, 2.45) is 17.4 Å². The lowest BCUT2D eigenvalue weighted by Gasteiger charge is -2.33. The molecule has 1 aromatic carbocycles. The van der Waals surface area contributed by atoms with Crippen LogP contribution < -0.4 is 16.8 Å². The molecule has 0 fully saturated rings. The van der Waals surface area contributed by atoms with E-state index in [0.717, 1.165) is 0 Å². The van der Waals surface area contributed by atoms with Gasteiger partial charge >= 0.3 is 0 Å². The zero-order chi connectivity index (χ0) is 19.1. The molecule has 0 aromatic heterocycles. The van der Waals surface area contributed by atoms with E-state index >= 15 is 0 Å². The minimum absolute atomic E-state index is 0.0344. The third kappa shape index (κ3) is 4.65. The van der Waals surface area contributed by atoms with E-state index in [1.54, 1.807) is 32.0 Å². The van der Waals surface area contributed by atoms with Crippen LogP contribution in [-0.4, -0.2) is 38.1 Å². The summed E-state index contributed by atoms with van der Waals surface area (Å²) in [6.45, 7) is 3.62. The van der Waals surface area contributed by atoms with Crippen molar-refractivity contribution in [2.45, 2.75) is 48.9 Å². The Kier molecular flexibility index (Phi) is 7.72. The van der Waals surface area contributed by atoms with Gasteiger partial charge in [0.2, 0.25) is 20.6 Å². The van der Waals surface area contributed by atoms with E-state index < -0.39 is 32.6 Å². The molecule has 1 amide bonds. The number of hydrogen-bond acceptors (Lipinski definition) is 6. The number of hydrogen-bond donors (Lipinski definition) is 3.